The number of hydrogen-bond acceptors (Lipinski definition) is 7. The second kappa shape index (κ2) is 6.70. The Balaban J connectivity index is 1.37. The van der Waals surface area contributed by atoms with Gasteiger partial charge in [0.2, 0.25) is 11.9 Å². The van der Waals surface area contributed by atoms with Gasteiger partial charge in [-0.3, -0.25) is 4.79 Å². The van der Waals surface area contributed by atoms with Crippen molar-refractivity contribution in [2.75, 3.05) is 22.2 Å². The van der Waals surface area contributed by atoms with Crippen LogP contribution in [-0.4, -0.2) is 39.2 Å². The number of carbonyl (C=O) groups is 1. The summed E-state index contributed by atoms with van der Waals surface area (Å²) in [5.41, 5.74) is 7.78. The van der Waals surface area contributed by atoms with Crippen molar-refractivity contribution in [3.63, 3.8) is 0 Å². The minimum Gasteiger partial charge on any atom is -0.390 e. The number of benzene rings is 1. The van der Waals surface area contributed by atoms with Gasteiger partial charge in [-0.1, -0.05) is 6.58 Å². The summed E-state index contributed by atoms with van der Waals surface area (Å²) in [6.45, 7) is 6.32. The standard InChI is InChI=1S/C25H30N6O2/c1-14-6-18(21(26)32)4-5-19(14)28-23-27-12-20-22(29-23)31(15(2)30(20)3)24-8-16-7-17(9-24)11-25(33,10-16)13-24/h4-6,12,16-17,33H,2,7-11,13H2,1,3H3,(H2,26,32)(H,27,28,29). The van der Waals surface area contributed by atoms with E-state index in [9.17, 15) is 9.90 Å². The molecule has 4 N–H and O–H groups in total. The van der Waals surface area contributed by atoms with Gasteiger partial charge in [0.25, 0.3) is 0 Å². The van der Waals surface area contributed by atoms with E-state index in [0.29, 0.717) is 23.3 Å². The fraction of sp³-hybridized carbons (Fsp3) is 0.480. The SMILES string of the molecule is C=C1N(C)c2cnc(Nc3ccc(C(N)=O)cc3C)nc2N1C12CC3CC(CC(O)(C3)C1)C2. The summed E-state index contributed by atoms with van der Waals surface area (Å²) in [4.78, 5) is 25.3. The van der Waals surface area contributed by atoms with Crippen molar-refractivity contribution in [1.82, 2.24) is 9.97 Å². The van der Waals surface area contributed by atoms with Crippen LogP contribution in [0.2, 0.25) is 0 Å². The zero-order chi connectivity index (χ0) is 23.1. The molecule has 1 aromatic carbocycles. The Morgan fingerprint density at radius 3 is 2.64 bits per heavy atom. The molecule has 1 amide bonds. The second-order valence-electron chi connectivity index (χ2n) is 10.6. The third kappa shape index (κ3) is 3.04. The number of primary amides is 1. The van der Waals surface area contributed by atoms with E-state index in [1.807, 2.05) is 26.2 Å². The highest BCUT2D eigenvalue weighted by atomic mass is 16.3. The van der Waals surface area contributed by atoms with E-state index < -0.39 is 11.5 Å². The lowest BCUT2D eigenvalue weighted by molar-refractivity contribution is -0.133. The zero-order valence-corrected chi connectivity index (χ0v) is 19.1. The van der Waals surface area contributed by atoms with Crippen molar-refractivity contribution in [3.05, 3.63) is 47.9 Å². The van der Waals surface area contributed by atoms with Crippen LogP contribution in [0.25, 0.3) is 0 Å². The molecule has 1 aromatic heterocycles. The van der Waals surface area contributed by atoms with Crippen LogP contribution in [0.5, 0.6) is 0 Å². The molecular weight excluding hydrogens is 416 g/mol. The van der Waals surface area contributed by atoms with Crippen molar-refractivity contribution < 1.29 is 9.90 Å². The van der Waals surface area contributed by atoms with Crippen molar-refractivity contribution >= 4 is 29.0 Å². The predicted molar refractivity (Wildman–Crippen MR) is 127 cm³/mol. The average Bonchev–Trinajstić information content (AvgIpc) is 2.98. The molecule has 2 aromatic rings. The van der Waals surface area contributed by atoms with Gasteiger partial charge in [-0.2, -0.15) is 4.98 Å². The van der Waals surface area contributed by atoms with Crippen molar-refractivity contribution in [1.29, 1.82) is 0 Å². The number of aromatic nitrogens is 2. The Labute approximate surface area is 193 Å². The van der Waals surface area contributed by atoms with Gasteiger partial charge in [0.05, 0.1) is 17.3 Å². The molecule has 2 heterocycles. The lowest BCUT2D eigenvalue weighted by Crippen LogP contribution is -2.65. The largest absolute Gasteiger partial charge is 0.390 e. The highest BCUT2D eigenvalue weighted by Crippen LogP contribution is 2.62. The lowest BCUT2D eigenvalue weighted by atomic mass is 9.50. The van der Waals surface area contributed by atoms with E-state index in [2.05, 4.69) is 26.7 Å². The number of amides is 1. The predicted octanol–water partition coefficient (Wildman–Crippen LogP) is 3.44. The topological polar surface area (TPSA) is 108 Å². The number of anilines is 4. The summed E-state index contributed by atoms with van der Waals surface area (Å²) in [5, 5.41) is 14.6. The molecule has 0 spiro atoms. The maximum atomic E-state index is 11.5. The Bertz CT molecular complexity index is 1180. The molecule has 4 fully saturated rings. The fourth-order valence-electron chi connectivity index (χ4n) is 7.24. The lowest BCUT2D eigenvalue weighted by Gasteiger charge is -2.62. The normalized spacial score (nSPS) is 31.8. The molecule has 2 unspecified atom stereocenters. The Hall–Kier alpha value is -3.13. The van der Waals surface area contributed by atoms with Crippen LogP contribution in [-0.2, 0) is 0 Å². The molecule has 4 bridgehead atoms. The van der Waals surface area contributed by atoms with Gasteiger partial charge in [0.1, 0.15) is 11.5 Å². The number of rotatable bonds is 4. The van der Waals surface area contributed by atoms with Crippen LogP contribution in [0.1, 0.15) is 54.4 Å². The number of aliphatic hydroxyl groups is 1. The molecule has 0 radical (unpaired) electrons. The van der Waals surface area contributed by atoms with Gasteiger partial charge >= 0.3 is 0 Å². The van der Waals surface area contributed by atoms with Crippen LogP contribution in [0, 0.1) is 18.8 Å². The molecule has 2 atom stereocenters. The highest BCUT2D eigenvalue weighted by Gasteiger charge is 2.61. The first kappa shape index (κ1) is 20.5. The third-order valence-corrected chi connectivity index (χ3v) is 8.20. The smallest absolute Gasteiger partial charge is 0.248 e. The molecule has 5 aliphatic rings. The van der Waals surface area contributed by atoms with Gasteiger partial charge in [0, 0.05) is 18.3 Å². The molecule has 1 aliphatic heterocycles. The average molecular weight is 447 g/mol. The number of hydrogen-bond donors (Lipinski definition) is 3. The van der Waals surface area contributed by atoms with Gasteiger partial charge in [-0.15, -0.1) is 0 Å². The number of aryl methyl sites for hydroxylation is 1. The maximum absolute atomic E-state index is 11.5. The second-order valence-corrected chi connectivity index (χ2v) is 10.6. The molecule has 0 saturated heterocycles. The number of carbonyl (C=O) groups excluding carboxylic acids is 1. The first-order chi connectivity index (χ1) is 15.7. The number of nitrogens with one attached hydrogen (secondary N) is 1. The summed E-state index contributed by atoms with van der Waals surface area (Å²) in [5.74, 6) is 2.89. The number of fused-ring (bicyclic) bond motifs is 1. The summed E-state index contributed by atoms with van der Waals surface area (Å²) >= 11 is 0. The highest BCUT2D eigenvalue weighted by molar-refractivity contribution is 5.93. The summed E-state index contributed by atoms with van der Waals surface area (Å²) in [7, 11) is 2.00. The molecule has 8 heteroatoms. The minimum absolute atomic E-state index is 0.153. The van der Waals surface area contributed by atoms with E-state index in [1.165, 1.54) is 6.42 Å². The van der Waals surface area contributed by atoms with Crippen molar-refractivity contribution in [3.8, 4) is 0 Å². The van der Waals surface area contributed by atoms with E-state index >= 15 is 0 Å². The Morgan fingerprint density at radius 1 is 1.27 bits per heavy atom. The van der Waals surface area contributed by atoms with E-state index in [1.54, 1.807) is 12.1 Å². The monoisotopic (exact) mass is 446 g/mol. The molecule has 172 valence electrons. The summed E-state index contributed by atoms with van der Waals surface area (Å²) in [6, 6.07) is 5.28. The van der Waals surface area contributed by atoms with E-state index in [0.717, 1.165) is 60.7 Å². The van der Waals surface area contributed by atoms with Crippen LogP contribution in [0.3, 0.4) is 0 Å². The summed E-state index contributed by atoms with van der Waals surface area (Å²) in [6.07, 6.45) is 7.80. The Morgan fingerprint density at radius 2 is 2.00 bits per heavy atom. The molecular formula is C25H30N6O2. The van der Waals surface area contributed by atoms with E-state index in [4.69, 9.17) is 10.7 Å². The Kier molecular flexibility index (Phi) is 4.15. The van der Waals surface area contributed by atoms with Crippen LogP contribution >= 0.6 is 0 Å². The van der Waals surface area contributed by atoms with Gasteiger partial charge in [-0.05, 0) is 81.0 Å². The molecule has 4 aliphatic carbocycles. The third-order valence-electron chi connectivity index (χ3n) is 8.20. The van der Waals surface area contributed by atoms with Crippen LogP contribution < -0.4 is 20.9 Å². The van der Waals surface area contributed by atoms with Gasteiger partial charge < -0.3 is 26.0 Å². The molecule has 7 rings (SSSR count). The number of nitrogens with zero attached hydrogens (tertiary/aromatic N) is 4. The van der Waals surface area contributed by atoms with Crippen molar-refractivity contribution in [2.45, 2.75) is 56.6 Å². The zero-order valence-electron chi connectivity index (χ0n) is 19.1. The first-order valence-corrected chi connectivity index (χ1v) is 11.7. The first-order valence-electron chi connectivity index (χ1n) is 11.7. The maximum Gasteiger partial charge on any atom is 0.248 e. The van der Waals surface area contributed by atoms with Gasteiger partial charge in [-0.25, -0.2) is 4.98 Å². The number of nitrogens with two attached hydrogens (primary N) is 1. The quantitative estimate of drug-likeness (QED) is 0.660. The van der Waals surface area contributed by atoms with E-state index in [-0.39, 0.29) is 5.54 Å². The van der Waals surface area contributed by atoms with Crippen LogP contribution in [0.15, 0.2) is 36.8 Å². The summed E-state index contributed by atoms with van der Waals surface area (Å²) < 4.78 is 0. The molecule has 4 saturated carbocycles. The molecule has 8 nitrogen and oxygen atoms in total. The van der Waals surface area contributed by atoms with Crippen LogP contribution in [0.4, 0.5) is 23.1 Å². The van der Waals surface area contributed by atoms with Crippen molar-refractivity contribution in [2.24, 2.45) is 17.6 Å². The minimum atomic E-state index is -0.570. The van der Waals surface area contributed by atoms with Gasteiger partial charge in [0.15, 0.2) is 5.82 Å². The fourth-order valence-corrected chi connectivity index (χ4v) is 7.24. The molecule has 33 heavy (non-hydrogen) atoms.